The SMILES string of the molecule is COc1ccc2c(C(=O)C(C)C)nn(CC(=O)OCCCCN(C(=O)Cn3nc(C(=O)C(C)C)c4ccc(OC)cc43)C3CCCCC3)c2c1. The number of nitrogens with zero attached hydrogens (tertiary/aromatic N) is 5. The number of rotatable bonds is 16. The number of fused-ring (bicyclic) bond motifs is 2. The maximum Gasteiger partial charge on any atom is 0.327 e. The highest BCUT2D eigenvalue weighted by Gasteiger charge is 2.28. The first-order chi connectivity index (χ1) is 24.0. The number of ketones is 2. The van der Waals surface area contributed by atoms with E-state index in [0.29, 0.717) is 64.1 Å². The Hall–Kier alpha value is -4.74. The van der Waals surface area contributed by atoms with Crippen LogP contribution in [-0.4, -0.2) is 81.3 Å². The van der Waals surface area contributed by atoms with Gasteiger partial charge in [-0.25, -0.2) is 0 Å². The molecule has 0 radical (unpaired) electrons. The van der Waals surface area contributed by atoms with E-state index in [1.54, 1.807) is 43.2 Å². The van der Waals surface area contributed by atoms with Crippen LogP contribution in [0.2, 0.25) is 0 Å². The summed E-state index contributed by atoms with van der Waals surface area (Å²) >= 11 is 0. The van der Waals surface area contributed by atoms with Crippen molar-refractivity contribution in [3.05, 3.63) is 47.8 Å². The topological polar surface area (TPSA) is 135 Å². The first-order valence-electron chi connectivity index (χ1n) is 17.6. The lowest BCUT2D eigenvalue weighted by atomic mass is 9.94. The van der Waals surface area contributed by atoms with Gasteiger partial charge < -0.3 is 19.1 Å². The number of esters is 1. The van der Waals surface area contributed by atoms with Gasteiger partial charge in [0.2, 0.25) is 5.91 Å². The molecule has 0 aliphatic heterocycles. The molecule has 4 aromatic rings. The molecule has 1 aliphatic rings. The molecule has 2 aromatic carbocycles. The molecule has 0 bridgehead atoms. The Morgan fingerprint density at radius 1 is 0.760 bits per heavy atom. The molecule has 1 aliphatic carbocycles. The highest BCUT2D eigenvalue weighted by atomic mass is 16.5. The zero-order chi connectivity index (χ0) is 35.9. The second-order valence-electron chi connectivity index (χ2n) is 13.6. The van der Waals surface area contributed by atoms with Gasteiger partial charge in [-0.05, 0) is 49.9 Å². The van der Waals surface area contributed by atoms with E-state index in [2.05, 4.69) is 10.2 Å². The predicted molar refractivity (Wildman–Crippen MR) is 190 cm³/mol. The van der Waals surface area contributed by atoms with Crippen molar-refractivity contribution in [1.29, 1.82) is 0 Å². The van der Waals surface area contributed by atoms with E-state index in [4.69, 9.17) is 14.2 Å². The van der Waals surface area contributed by atoms with Crippen LogP contribution in [0.4, 0.5) is 0 Å². The monoisotopic (exact) mass is 687 g/mol. The number of hydrogen-bond acceptors (Lipinski definition) is 9. The molecule has 1 fully saturated rings. The van der Waals surface area contributed by atoms with Gasteiger partial charge in [0.1, 0.15) is 36.0 Å². The molecule has 50 heavy (non-hydrogen) atoms. The van der Waals surface area contributed by atoms with Crippen LogP contribution in [0.3, 0.4) is 0 Å². The molecule has 1 saturated carbocycles. The van der Waals surface area contributed by atoms with Crippen LogP contribution < -0.4 is 9.47 Å². The van der Waals surface area contributed by atoms with Gasteiger partial charge in [-0.2, -0.15) is 10.2 Å². The zero-order valence-corrected chi connectivity index (χ0v) is 30.1. The molecular weight excluding hydrogens is 638 g/mol. The first kappa shape index (κ1) is 36.5. The Morgan fingerprint density at radius 2 is 1.28 bits per heavy atom. The molecule has 12 heteroatoms. The Labute approximate surface area is 293 Å². The third-order valence-electron chi connectivity index (χ3n) is 9.39. The molecule has 0 saturated heterocycles. The lowest BCUT2D eigenvalue weighted by Gasteiger charge is -2.34. The highest BCUT2D eigenvalue weighted by molar-refractivity contribution is 6.08. The van der Waals surface area contributed by atoms with Crippen molar-refractivity contribution in [3.63, 3.8) is 0 Å². The molecule has 1 amide bonds. The number of Topliss-reactive ketones (excluding diaryl/α,β-unsaturated/α-hetero) is 2. The summed E-state index contributed by atoms with van der Waals surface area (Å²) in [5.74, 6) is 0.0389. The van der Waals surface area contributed by atoms with Gasteiger partial charge in [0.05, 0.1) is 31.9 Å². The summed E-state index contributed by atoms with van der Waals surface area (Å²) in [5.41, 5.74) is 1.99. The molecule has 2 aromatic heterocycles. The number of unbranched alkanes of at least 4 members (excludes halogenated alkanes) is 1. The summed E-state index contributed by atoms with van der Waals surface area (Å²) in [6.07, 6.45) is 6.39. The molecule has 0 unspecified atom stereocenters. The second kappa shape index (κ2) is 16.3. The smallest absolute Gasteiger partial charge is 0.327 e. The summed E-state index contributed by atoms with van der Waals surface area (Å²) in [6.45, 7) is 7.88. The van der Waals surface area contributed by atoms with E-state index in [-0.39, 0.29) is 55.0 Å². The van der Waals surface area contributed by atoms with Crippen molar-refractivity contribution >= 4 is 45.2 Å². The average molecular weight is 688 g/mol. The molecule has 5 rings (SSSR count). The minimum absolute atomic E-state index is 0.00441. The maximum absolute atomic E-state index is 14.0. The average Bonchev–Trinajstić information content (AvgIpc) is 3.66. The number of hydrogen-bond donors (Lipinski definition) is 0. The van der Waals surface area contributed by atoms with Crippen LogP contribution in [-0.2, 0) is 27.4 Å². The first-order valence-corrected chi connectivity index (χ1v) is 17.6. The zero-order valence-electron chi connectivity index (χ0n) is 30.1. The van der Waals surface area contributed by atoms with E-state index < -0.39 is 5.97 Å². The predicted octanol–water partition coefficient (Wildman–Crippen LogP) is 6.27. The number of carbonyl (C=O) groups is 4. The fourth-order valence-corrected chi connectivity index (χ4v) is 6.57. The molecule has 0 atom stereocenters. The summed E-state index contributed by atoms with van der Waals surface area (Å²) in [7, 11) is 3.14. The quantitative estimate of drug-likeness (QED) is 0.0759. The molecule has 12 nitrogen and oxygen atoms in total. The molecular formula is C38H49N5O7. The van der Waals surface area contributed by atoms with E-state index in [9.17, 15) is 19.2 Å². The molecule has 0 N–H and O–H groups in total. The van der Waals surface area contributed by atoms with E-state index in [1.807, 2.05) is 44.7 Å². The van der Waals surface area contributed by atoms with Gasteiger partial charge in [0.25, 0.3) is 0 Å². The fourth-order valence-electron chi connectivity index (χ4n) is 6.57. The number of benzene rings is 2. The van der Waals surface area contributed by atoms with Crippen LogP contribution in [0.5, 0.6) is 11.5 Å². The minimum Gasteiger partial charge on any atom is -0.497 e. The number of amides is 1. The Kier molecular flexibility index (Phi) is 11.9. The summed E-state index contributed by atoms with van der Waals surface area (Å²) in [6, 6.07) is 10.9. The van der Waals surface area contributed by atoms with Gasteiger partial charge in [0, 0.05) is 47.3 Å². The van der Waals surface area contributed by atoms with Gasteiger partial charge >= 0.3 is 5.97 Å². The Bertz CT molecular complexity index is 1850. The largest absolute Gasteiger partial charge is 0.497 e. The molecule has 0 spiro atoms. The van der Waals surface area contributed by atoms with Crippen LogP contribution in [0.15, 0.2) is 36.4 Å². The fraction of sp³-hybridized carbons (Fsp3) is 0.526. The maximum atomic E-state index is 14.0. The van der Waals surface area contributed by atoms with Crippen LogP contribution in [0.1, 0.15) is 93.6 Å². The van der Waals surface area contributed by atoms with E-state index in [1.165, 1.54) is 4.68 Å². The lowest BCUT2D eigenvalue weighted by molar-refractivity contribution is -0.145. The summed E-state index contributed by atoms with van der Waals surface area (Å²) in [4.78, 5) is 54.7. The van der Waals surface area contributed by atoms with Gasteiger partial charge in [-0.15, -0.1) is 0 Å². The Balaban J connectivity index is 1.23. The van der Waals surface area contributed by atoms with Gasteiger partial charge in [-0.1, -0.05) is 47.0 Å². The number of aromatic nitrogens is 4. The number of ether oxygens (including phenoxy) is 3. The molecule has 2 heterocycles. The van der Waals surface area contributed by atoms with Crippen molar-refractivity contribution in [2.45, 2.75) is 91.8 Å². The summed E-state index contributed by atoms with van der Waals surface area (Å²) in [5, 5.41) is 10.5. The Morgan fingerprint density at radius 3 is 1.78 bits per heavy atom. The van der Waals surface area contributed by atoms with Crippen molar-refractivity contribution in [2.75, 3.05) is 27.4 Å². The van der Waals surface area contributed by atoms with Crippen LogP contribution >= 0.6 is 0 Å². The van der Waals surface area contributed by atoms with Gasteiger partial charge in [0.15, 0.2) is 11.6 Å². The van der Waals surface area contributed by atoms with E-state index in [0.717, 1.165) is 32.1 Å². The minimum atomic E-state index is -0.464. The third kappa shape index (κ3) is 8.17. The van der Waals surface area contributed by atoms with E-state index >= 15 is 0 Å². The van der Waals surface area contributed by atoms with Crippen molar-refractivity contribution < 1.29 is 33.4 Å². The lowest BCUT2D eigenvalue weighted by Crippen LogP contribution is -2.43. The normalized spacial score (nSPS) is 13.7. The van der Waals surface area contributed by atoms with Gasteiger partial charge in [-0.3, -0.25) is 28.5 Å². The number of methoxy groups -OCH3 is 2. The van der Waals surface area contributed by atoms with Crippen molar-refractivity contribution in [1.82, 2.24) is 24.5 Å². The van der Waals surface area contributed by atoms with Crippen molar-refractivity contribution in [3.8, 4) is 11.5 Å². The second-order valence-corrected chi connectivity index (χ2v) is 13.6. The standard InChI is InChI=1S/C38H49N5O7/c1-24(2)37(46)35-29-16-14-27(48-5)20-31(29)42(39-35)22-33(44)41(26-12-8-7-9-13-26)18-10-11-19-50-34(45)23-43-32-21-28(49-6)15-17-30(32)36(40-43)38(47)25(3)4/h14-17,20-21,24-26H,7-13,18-19,22-23H2,1-6H3. The summed E-state index contributed by atoms with van der Waals surface area (Å²) < 4.78 is 19.5. The third-order valence-corrected chi connectivity index (χ3v) is 9.39. The van der Waals surface area contributed by atoms with Crippen LogP contribution in [0, 0.1) is 11.8 Å². The van der Waals surface area contributed by atoms with Crippen molar-refractivity contribution in [2.24, 2.45) is 11.8 Å². The molecule has 268 valence electrons. The highest BCUT2D eigenvalue weighted by Crippen LogP contribution is 2.28. The number of carbonyl (C=O) groups excluding carboxylic acids is 4. The van der Waals surface area contributed by atoms with Crippen LogP contribution in [0.25, 0.3) is 21.8 Å².